The van der Waals surface area contributed by atoms with Crippen LogP contribution in [0.25, 0.3) is 0 Å². The van der Waals surface area contributed by atoms with E-state index in [9.17, 15) is 9.90 Å². The minimum absolute atomic E-state index is 0.241. The lowest BCUT2D eigenvalue weighted by Gasteiger charge is -2.25. The summed E-state index contributed by atoms with van der Waals surface area (Å²) in [5.41, 5.74) is 0.775. The maximum Gasteiger partial charge on any atom is 0.315 e. The summed E-state index contributed by atoms with van der Waals surface area (Å²) in [5, 5.41) is 15.4. The summed E-state index contributed by atoms with van der Waals surface area (Å²) in [6.45, 7) is 8.60. The number of urea groups is 1. The zero-order valence-corrected chi connectivity index (χ0v) is 14.3. The van der Waals surface area contributed by atoms with Gasteiger partial charge in [0.25, 0.3) is 0 Å². The number of nitrogens with one attached hydrogen (secondary N) is 2. The fourth-order valence-corrected chi connectivity index (χ4v) is 2.43. The fourth-order valence-electron chi connectivity index (χ4n) is 2.43. The average molecular weight is 320 g/mol. The Balaban J connectivity index is 1.79. The monoisotopic (exact) mass is 320 g/mol. The molecule has 0 spiro atoms. The standard InChI is InChI=1S/C17H28N4O2/c1-17(2,3)14(22)12-20-16(23)19-11-13-6-7-18-15(10-13)21-8-4-5-9-21/h6-7,10,14,22H,4-5,8-9,11-12H2,1-3H3,(H2,19,20,23). The molecule has 2 rings (SSSR count). The van der Waals surface area contributed by atoms with E-state index in [2.05, 4.69) is 20.5 Å². The van der Waals surface area contributed by atoms with Crippen LogP contribution in [0.3, 0.4) is 0 Å². The first kappa shape index (κ1) is 17.5. The highest BCUT2D eigenvalue weighted by Crippen LogP contribution is 2.19. The van der Waals surface area contributed by atoms with Crippen LogP contribution in [0.1, 0.15) is 39.2 Å². The number of aromatic nitrogens is 1. The van der Waals surface area contributed by atoms with Crippen molar-refractivity contribution >= 4 is 11.8 Å². The molecule has 1 aromatic heterocycles. The van der Waals surface area contributed by atoms with Gasteiger partial charge in [-0.3, -0.25) is 0 Å². The molecule has 2 heterocycles. The van der Waals surface area contributed by atoms with Crippen LogP contribution in [0.5, 0.6) is 0 Å². The number of aliphatic hydroxyl groups is 1. The Hall–Kier alpha value is -1.82. The third-order valence-corrected chi connectivity index (χ3v) is 4.15. The predicted molar refractivity (Wildman–Crippen MR) is 91.4 cm³/mol. The number of carbonyl (C=O) groups excluding carboxylic acids is 1. The number of carbonyl (C=O) groups is 1. The molecule has 2 amide bonds. The van der Waals surface area contributed by atoms with Gasteiger partial charge < -0.3 is 20.6 Å². The second-order valence-electron chi connectivity index (χ2n) is 7.16. The first-order chi connectivity index (χ1) is 10.9. The van der Waals surface area contributed by atoms with Gasteiger partial charge >= 0.3 is 6.03 Å². The lowest BCUT2D eigenvalue weighted by atomic mass is 9.89. The minimum atomic E-state index is -0.573. The van der Waals surface area contributed by atoms with Gasteiger partial charge in [0, 0.05) is 32.4 Å². The van der Waals surface area contributed by atoms with Crippen LogP contribution in [0.2, 0.25) is 0 Å². The number of aliphatic hydroxyl groups excluding tert-OH is 1. The van der Waals surface area contributed by atoms with E-state index in [0.29, 0.717) is 6.54 Å². The van der Waals surface area contributed by atoms with E-state index in [0.717, 1.165) is 24.5 Å². The molecule has 1 atom stereocenters. The van der Waals surface area contributed by atoms with Crippen molar-refractivity contribution in [2.24, 2.45) is 5.41 Å². The van der Waals surface area contributed by atoms with Crippen LogP contribution >= 0.6 is 0 Å². The topological polar surface area (TPSA) is 77.5 Å². The van der Waals surface area contributed by atoms with Crippen LogP contribution in [-0.4, -0.2) is 41.9 Å². The van der Waals surface area contributed by atoms with Crippen LogP contribution in [0.15, 0.2) is 18.3 Å². The summed E-state index contributed by atoms with van der Waals surface area (Å²) in [4.78, 5) is 18.5. The Bertz CT molecular complexity index is 522. The zero-order chi connectivity index (χ0) is 16.9. The molecule has 1 aliphatic heterocycles. The number of hydrogen-bond acceptors (Lipinski definition) is 4. The number of rotatable bonds is 5. The van der Waals surface area contributed by atoms with E-state index in [1.54, 1.807) is 6.20 Å². The Kier molecular flexibility index (Phi) is 5.82. The summed E-state index contributed by atoms with van der Waals surface area (Å²) in [6.07, 6.45) is 3.63. The number of anilines is 1. The Morgan fingerprint density at radius 2 is 2.04 bits per heavy atom. The average Bonchev–Trinajstić information content (AvgIpc) is 3.04. The molecular weight excluding hydrogens is 292 g/mol. The third kappa shape index (κ3) is 5.39. The van der Waals surface area contributed by atoms with Crippen LogP contribution in [0.4, 0.5) is 10.6 Å². The van der Waals surface area contributed by atoms with Crippen molar-refractivity contribution < 1.29 is 9.90 Å². The van der Waals surface area contributed by atoms with Gasteiger partial charge in [0.2, 0.25) is 0 Å². The van der Waals surface area contributed by atoms with Crippen molar-refractivity contribution in [1.29, 1.82) is 0 Å². The molecule has 0 aromatic carbocycles. The molecule has 0 bridgehead atoms. The smallest absolute Gasteiger partial charge is 0.315 e. The molecular formula is C17H28N4O2. The third-order valence-electron chi connectivity index (χ3n) is 4.15. The van der Waals surface area contributed by atoms with Gasteiger partial charge in [-0.05, 0) is 36.0 Å². The van der Waals surface area contributed by atoms with Crippen LogP contribution in [0, 0.1) is 5.41 Å². The second kappa shape index (κ2) is 7.64. The number of pyridine rings is 1. The van der Waals surface area contributed by atoms with Crippen LogP contribution < -0.4 is 15.5 Å². The van der Waals surface area contributed by atoms with Gasteiger partial charge in [-0.2, -0.15) is 0 Å². The number of hydrogen-bond donors (Lipinski definition) is 3. The maximum absolute atomic E-state index is 11.8. The lowest BCUT2D eigenvalue weighted by molar-refractivity contribution is 0.0650. The van der Waals surface area contributed by atoms with Crippen molar-refractivity contribution in [2.45, 2.75) is 46.3 Å². The van der Waals surface area contributed by atoms with Crippen molar-refractivity contribution in [2.75, 3.05) is 24.5 Å². The van der Waals surface area contributed by atoms with E-state index in [4.69, 9.17) is 0 Å². The summed E-state index contributed by atoms with van der Waals surface area (Å²) in [7, 11) is 0. The SMILES string of the molecule is CC(C)(C)C(O)CNC(=O)NCc1ccnc(N2CCCC2)c1. The summed E-state index contributed by atoms with van der Waals surface area (Å²) in [6, 6.07) is 3.66. The summed E-state index contributed by atoms with van der Waals surface area (Å²) in [5.74, 6) is 0.977. The molecule has 0 radical (unpaired) electrons. The van der Waals surface area contributed by atoms with Gasteiger partial charge in [0.1, 0.15) is 5.82 Å². The molecule has 23 heavy (non-hydrogen) atoms. The Morgan fingerprint density at radius 1 is 1.35 bits per heavy atom. The first-order valence-corrected chi connectivity index (χ1v) is 8.26. The molecule has 1 aliphatic rings. The van der Waals surface area contributed by atoms with Crippen molar-refractivity contribution in [3.8, 4) is 0 Å². The highest BCUT2D eigenvalue weighted by Gasteiger charge is 2.22. The molecule has 1 unspecified atom stereocenters. The van der Waals surface area contributed by atoms with Gasteiger partial charge in [-0.25, -0.2) is 9.78 Å². The van der Waals surface area contributed by atoms with E-state index >= 15 is 0 Å². The molecule has 3 N–H and O–H groups in total. The lowest BCUT2D eigenvalue weighted by Crippen LogP contribution is -2.43. The Morgan fingerprint density at radius 3 is 2.70 bits per heavy atom. The molecule has 1 saturated heterocycles. The molecule has 6 heteroatoms. The van der Waals surface area contributed by atoms with Crippen molar-refractivity contribution in [1.82, 2.24) is 15.6 Å². The molecule has 0 aliphatic carbocycles. The molecule has 128 valence electrons. The highest BCUT2D eigenvalue weighted by molar-refractivity contribution is 5.73. The molecule has 1 fully saturated rings. The number of amides is 2. The normalized spacial score (nSPS) is 16.3. The summed E-state index contributed by atoms with van der Waals surface area (Å²) >= 11 is 0. The van der Waals surface area contributed by atoms with Crippen molar-refractivity contribution in [3.63, 3.8) is 0 Å². The summed E-state index contributed by atoms with van der Waals surface area (Å²) < 4.78 is 0. The zero-order valence-electron chi connectivity index (χ0n) is 14.3. The van der Waals surface area contributed by atoms with E-state index in [-0.39, 0.29) is 18.0 Å². The van der Waals surface area contributed by atoms with E-state index in [1.165, 1.54) is 12.8 Å². The van der Waals surface area contributed by atoms with E-state index < -0.39 is 6.10 Å². The molecule has 1 aromatic rings. The Labute approximate surface area is 138 Å². The van der Waals surface area contributed by atoms with Crippen molar-refractivity contribution in [3.05, 3.63) is 23.9 Å². The second-order valence-corrected chi connectivity index (χ2v) is 7.16. The fraction of sp³-hybridized carbons (Fsp3) is 0.647. The quantitative estimate of drug-likeness (QED) is 0.774. The van der Waals surface area contributed by atoms with Gasteiger partial charge in [-0.1, -0.05) is 20.8 Å². The first-order valence-electron chi connectivity index (χ1n) is 8.26. The highest BCUT2D eigenvalue weighted by atomic mass is 16.3. The van der Waals surface area contributed by atoms with Gasteiger partial charge in [0.15, 0.2) is 0 Å². The molecule has 0 saturated carbocycles. The predicted octanol–water partition coefficient (Wildman–Crippen LogP) is 1.89. The largest absolute Gasteiger partial charge is 0.391 e. The van der Waals surface area contributed by atoms with Crippen LogP contribution in [-0.2, 0) is 6.54 Å². The minimum Gasteiger partial charge on any atom is -0.391 e. The van der Waals surface area contributed by atoms with Gasteiger partial charge in [-0.15, -0.1) is 0 Å². The van der Waals surface area contributed by atoms with E-state index in [1.807, 2.05) is 32.9 Å². The van der Waals surface area contributed by atoms with Gasteiger partial charge in [0.05, 0.1) is 6.10 Å². The maximum atomic E-state index is 11.8. The molecule has 6 nitrogen and oxygen atoms in total. The number of nitrogens with zero attached hydrogens (tertiary/aromatic N) is 2.